The lowest BCUT2D eigenvalue weighted by Crippen LogP contribution is -2.37. The fraction of sp³-hybridized carbons (Fsp3) is 0.211. The monoisotopic (exact) mass is 408 g/mol. The largest absolute Gasteiger partial charge is 0.350 e. The van der Waals surface area contributed by atoms with Gasteiger partial charge < -0.3 is 5.32 Å². The van der Waals surface area contributed by atoms with Crippen molar-refractivity contribution in [2.75, 3.05) is 13.1 Å². The molecule has 0 aromatic heterocycles. The summed E-state index contributed by atoms with van der Waals surface area (Å²) in [6, 6.07) is 8.55. The van der Waals surface area contributed by atoms with E-state index in [1.165, 1.54) is 18.2 Å². The Kier molecular flexibility index (Phi) is 5.77. The molecule has 0 radical (unpaired) electrons. The number of imide groups is 1. The number of carbonyl (C=O) groups excluding carboxylic acids is 3. The molecule has 3 rings (SSSR count). The zero-order chi connectivity index (χ0) is 19.6. The lowest BCUT2D eigenvalue weighted by atomic mass is 9.99. The molecule has 2 aromatic carbocycles. The second kappa shape index (κ2) is 8.06. The van der Waals surface area contributed by atoms with Gasteiger partial charge in [-0.2, -0.15) is 0 Å². The minimum Gasteiger partial charge on any atom is -0.350 e. The van der Waals surface area contributed by atoms with Crippen molar-refractivity contribution in [2.24, 2.45) is 0 Å². The van der Waals surface area contributed by atoms with E-state index in [1.54, 1.807) is 18.2 Å². The van der Waals surface area contributed by atoms with E-state index in [-0.39, 0.29) is 48.3 Å². The van der Waals surface area contributed by atoms with Gasteiger partial charge >= 0.3 is 0 Å². The first kappa shape index (κ1) is 19.3. The van der Waals surface area contributed by atoms with Crippen molar-refractivity contribution >= 4 is 40.9 Å². The van der Waals surface area contributed by atoms with Crippen molar-refractivity contribution in [3.8, 4) is 11.1 Å². The molecule has 3 amide bonds. The molecule has 0 saturated carbocycles. The molecule has 1 heterocycles. The van der Waals surface area contributed by atoms with E-state index < -0.39 is 11.7 Å². The lowest BCUT2D eigenvalue weighted by Gasteiger charge is -2.15. The normalized spacial score (nSPS) is 14.0. The van der Waals surface area contributed by atoms with Gasteiger partial charge in [0.05, 0.1) is 10.0 Å². The fourth-order valence-corrected chi connectivity index (χ4v) is 3.16. The summed E-state index contributed by atoms with van der Waals surface area (Å²) in [6.07, 6.45) is 0.401. The molecule has 1 saturated heterocycles. The minimum absolute atomic E-state index is 0.104. The van der Waals surface area contributed by atoms with E-state index in [0.29, 0.717) is 16.1 Å². The second-order valence-electron chi connectivity index (χ2n) is 6.01. The molecule has 1 N–H and O–H groups in total. The number of hydrogen-bond donors (Lipinski definition) is 1. The third kappa shape index (κ3) is 4.28. The van der Waals surface area contributed by atoms with Gasteiger partial charge in [0.2, 0.25) is 11.8 Å². The summed E-state index contributed by atoms with van der Waals surface area (Å²) in [5, 5.41) is 3.29. The zero-order valence-corrected chi connectivity index (χ0v) is 15.6. The van der Waals surface area contributed by atoms with Crippen molar-refractivity contribution in [2.45, 2.75) is 12.8 Å². The van der Waals surface area contributed by atoms with Crippen LogP contribution in [-0.4, -0.2) is 35.7 Å². The highest BCUT2D eigenvalue weighted by Crippen LogP contribution is 2.31. The highest BCUT2D eigenvalue weighted by molar-refractivity contribution is 6.42. The maximum Gasteiger partial charge on any atom is 0.251 e. The van der Waals surface area contributed by atoms with Gasteiger partial charge in [0.1, 0.15) is 5.82 Å². The number of rotatable bonds is 5. The lowest BCUT2D eigenvalue weighted by molar-refractivity contribution is -0.138. The Bertz CT molecular complexity index is 917. The molecule has 5 nitrogen and oxygen atoms in total. The SMILES string of the molecule is O=C(NCCN1C(=O)CCC1=O)c1ccc(F)cc1-c1ccc(Cl)c(Cl)c1. The Hall–Kier alpha value is -2.44. The number of nitrogens with one attached hydrogen (secondary N) is 1. The van der Waals surface area contributed by atoms with E-state index in [0.717, 1.165) is 4.90 Å². The Balaban J connectivity index is 1.77. The van der Waals surface area contributed by atoms with Gasteiger partial charge in [-0.1, -0.05) is 29.3 Å². The molecule has 1 aliphatic rings. The van der Waals surface area contributed by atoms with E-state index in [1.807, 2.05) is 0 Å². The molecule has 0 unspecified atom stereocenters. The number of amides is 3. The highest BCUT2D eigenvalue weighted by atomic mass is 35.5. The minimum atomic E-state index is -0.499. The van der Waals surface area contributed by atoms with Crippen molar-refractivity contribution in [3.05, 3.63) is 57.8 Å². The summed E-state index contributed by atoms with van der Waals surface area (Å²) in [7, 11) is 0. The van der Waals surface area contributed by atoms with Crippen LogP contribution in [0.15, 0.2) is 36.4 Å². The van der Waals surface area contributed by atoms with Crippen molar-refractivity contribution < 1.29 is 18.8 Å². The van der Waals surface area contributed by atoms with E-state index in [2.05, 4.69) is 5.32 Å². The molecule has 0 spiro atoms. The molecule has 0 aliphatic carbocycles. The van der Waals surface area contributed by atoms with Crippen LogP contribution in [0, 0.1) is 5.82 Å². The smallest absolute Gasteiger partial charge is 0.251 e. The Labute approximate surface area is 165 Å². The molecule has 1 fully saturated rings. The third-order valence-corrected chi connectivity index (χ3v) is 4.97. The first-order valence-electron chi connectivity index (χ1n) is 8.23. The number of benzene rings is 2. The summed E-state index contributed by atoms with van der Waals surface area (Å²) in [6.45, 7) is 0.210. The summed E-state index contributed by atoms with van der Waals surface area (Å²) < 4.78 is 13.7. The third-order valence-electron chi connectivity index (χ3n) is 4.23. The average molecular weight is 409 g/mol. The predicted octanol–water partition coefficient (Wildman–Crippen LogP) is 3.68. The van der Waals surface area contributed by atoms with Crippen LogP contribution in [-0.2, 0) is 9.59 Å². The van der Waals surface area contributed by atoms with E-state index in [9.17, 15) is 18.8 Å². The average Bonchev–Trinajstić information content (AvgIpc) is 2.95. The predicted molar refractivity (Wildman–Crippen MR) is 100 cm³/mol. The van der Waals surface area contributed by atoms with Crippen LogP contribution in [0.4, 0.5) is 4.39 Å². The van der Waals surface area contributed by atoms with Gasteiger partial charge in [-0.05, 0) is 41.5 Å². The van der Waals surface area contributed by atoms with Crippen LogP contribution >= 0.6 is 23.2 Å². The Morgan fingerprint density at radius 1 is 1.04 bits per heavy atom. The maximum absolute atomic E-state index is 13.7. The Morgan fingerprint density at radius 2 is 1.74 bits per heavy atom. The van der Waals surface area contributed by atoms with Crippen LogP contribution < -0.4 is 5.32 Å². The number of nitrogens with zero attached hydrogens (tertiary/aromatic N) is 1. The van der Waals surface area contributed by atoms with Crippen molar-refractivity contribution in [1.29, 1.82) is 0 Å². The zero-order valence-electron chi connectivity index (χ0n) is 14.1. The molecule has 1 aliphatic heterocycles. The maximum atomic E-state index is 13.7. The van der Waals surface area contributed by atoms with E-state index >= 15 is 0 Å². The molecule has 2 aromatic rings. The molecular weight excluding hydrogens is 394 g/mol. The van der Waals surface area contributed by atoms with Crippen LogP contribution in [0.1, 0.15) is 23.2 Å². The van der Waals surface area contributed by atoms with Gasteiger partial charge in [0.25, 0.3) is 5.91 Å². The fourth-order valence-electron chi connectivity index (χ4n) is 2.87. The summed E-state index contributed by atoms with van der Waals surface area (Å²) in [4.78, 5) is 36.9. The van der Waals surface area contributed by atoms with Crippen LogP contribution in [0.5, 0.6) is 0 Å². The van der Waals surface area contributed by atoms with Crippen LogP contribution in [0.25, 0.3) is 11.1 Å². The van der Waals surface area contributed by atoms with Crippen LogP contribution in [0.2, 0.25) is 10.0 Å². The number of carbonyl (C=O) groups is 3. The topological polar surface area (TPSA) is 66.5 Å². The van der Waals surface area contributed by atoms with Crippen LogP contribution in [0.3, 0.4) is 0 Å². The summed E-state index contributed by atoms with van der Waals surface area (Å²) in [5.41, 5.74) is 1.15. The molecule has 27 heavy (non-hydrogen) atoms. The van der Waals surface area contributed by atoms with Crippen molar-refractivity contribution in [1.82, 2.24) is 10.2 Å². The van der Waals surface area contributed by atoms with E-state index in [4.69, 9.17) is 23.2 Å². The molecule has 8 heteroatoms. The number of halogens is 3. The highest BCUT2D eigenvalue weighted by Gasteiger charge is 2.28. The van der Waals surface area contributed by atoms with Gasteiger partial charge in [-0.3, -0.25) is 19.3 Å². The number of hydrogen-bond acceptors (Lipinski definition) is 3. The quantitative estimate of drug-likeness (QED) is 0.767. The molecule has 140 valence electrons. The first-order valence-corrected chi connectivity index (χ1v) is 8.99. The van der Waals surface area contributed by atoms with Gasteiger partial charge in [0, 0.05) is 31.5 Å². The first-order chi connectivity index (χ1) is 12.9. The molecular formula is C19H15Cl2FN2O3. The summed E-state index contributed by atoms with van der Waals surface area (Å²) >= 11 is 11.9. The molecule has 0 bridgehead atoms. The van der Waals surface area contributed by atoms with Gasteiger partial charge in [-0.25, -0.2) is 4.39 Å². The molecule has 0 atom stereocenters. The number of likely N-dealkylation sites (tertiary alicyclic amines) is 1. The van der Waals surface area contributed by atoms with Crippen molar-refractivity contribution in [3.63, 3.8) is 0 Å². The summed E-state index contributed by atoms with van der Waals surface area (Å²) in [5.74, 6) is -1.43. The van der Waals surface area contributed by atoms with Gasteiger partial charge in [0.15, 0.2) is 0 Å². The standard InChI is InChI=1S/C19H15Cl2FN2O3/c20-15-4-1-11(9-16(15)21)14-10-12(22)2-3-13(14)19(27)23-7-8-24-17(25)5-6-18(24)26/h1-4,9-10H,5-8H2,(H,23,27). The second-order valence-corrected chi connectivity index (χ2v) is 6.83. The van der Waals surface area contributed by atoms with Gasteiger partial charge in [-0.15, -0.1) is 0 Å². The Morgan fingerprint density at radius 3 is 2.41 bits per heavy atom.